The van der Waals surface area contributed by atoms with E-state index in [4.69, 9.17) is 27.9 Å². The maximum atomic E-state index is 6.23. The van der Waals surface area contributed by atoms with E-state index in [1.165, 1.54) is 6.33 Å². The Hall–Kier alpha value is -2.05. The molecule has 0 saturated carbocycles. The van der Waals surface area contributed by atoms with Crippen LogP contribution in [0.3, 0.4) is 0 Å². The molecule has 0 bridgehead atoms. The number of imidazole rings is 1. The molecule has 3 aromatic rings. The third-order valence-corrected chi connectivity index (χ3v) is 4.43. The third kappa shape index (κ3) is 2.15. The monoisotopic (exact) mass is 335 g/mol. The molecule has 0 fully saturated rings. The summed E-state index contributed by atoms with van der Waals surface area (Å²) in [5, 5.41) is 4.34. The van der Waals surface area contributed by atoms with Gasteiger partial charge in [-0.25, -0.2) is 15.0 Å². The van der Waals surface area contributed by atoms with E-state index in [-0.39, 0.29) is 6.04 Å². The van der Waals surface area contributed by atoms with Crippen LogP contribution in [0.25, 0.3) is 11.2 Å². The van der Waals surface area contributed by atoms with Crippen molar-refractivity contribution in [2.75, 3.05) is 11.9 Å². The average molecular weight is 336 g/mol. The maximum absolute atomic E-state index is 6.23. The number of aromatic amines is 1. The van der Waals surface area contributed by atoms with E-state index < -0.39 is 0 Å². The SMILES string of the molecule is Clc1ccc2c(c1Cl)OCCC2Nc1ncnc2nc[nH]c12. The standard InChI is InChI=1S/C14H11Cl2N5O/c15-8-2-1-7-9(3-4-22-12(7)10(8)16)21-14-11-13(18-5-17-11)19-6-20-14/h1-2,5-6,9H,3-4H2,(H2,17,18,19,20,21). The zero-order valence-electron chi connectivity index (χ0n) is 11.3. The van der Waals surface area contributed by atoms with Crippen LogP contribution in [-0.4, -0.2) is 26.5 Å². The summed E-state index contributed by atoms with van der Waals surface area (Å²) in [6.07, 6.45) is 3.88. The minimum absolute atomic E-state index is 0.0277. The number of fused-ring (bicyclic) bond motifs is 2. The zero-order chi connectivity index (χ0) is 15.1. The molecule has 22 heavy (non-hydrogen) atoms. The quantitative estimate of drug-likeness (QED) is 0.748. The molecule has 0 radical (unpaired) electrons. The minimum Gasteiger partial charge on any atom is -0.492 e. The molecule has 1 atom stereocenters. The zero-order valence-corrected chi connectivity index (χ0v) is 12.8. The first kappa shape index (κ1) is 13.6. The number of aromatic nitrogens is 4. The first-order valence-electron chi connectivity index (χ1n) is 6.75. The number of H-pyrrole nitrogens is 1. The number of anilines is 1. The van der Waals surface area contributed by atoms with Gasteiger partial charge in [0.15, 0.2) is 11.5 Å². The van der Waals surface area contributed by atoms with Gasteiger partial charge < -0.3 is 15.0 Å². The lowest BCUT2D eigenvalue weighted by Crippen LogP contribution is -2.21. The summed E-state index contributed by atoms with van der Waals surface area (Å²) in [7, 11) is 0. The molecule has 0 saturated heterocycles. The number of rotatable bonds is 2. The molecule has 2 N–H and O–H groups in total. The van der Waals surface area contributed by atoms with Crippen LogP contribution in [0, 0.1) is 0 Å². The fraction of sp³-hybridized carbons (Fsp3) is 0.214. The second kappa shape index (κ2) is 5.30. The van der Waals surface area contributed by atoms with E-state index in [0.29, 0.717) is 33.9 Å². The van der Waals surface area contributed by atoms with Crippen molar-refractivity contribution < 1.29 is 4.74 Å². The fourth-order valence-corrected chi connectivity index (χ4v) is 2.97. The Morgan fingerprint density at radius 1 is 1.23 bits per heavy atom. The summed E-state index contributed by atoms with van der Waals surface area (Å²) in [5.74, 6) is 1.33. The molecule has 6 nitrogen and oxygen atoms in total. The van der Waals surface area contributed by atoms with Crippen LogP contribution in [-0.2, 0) is 0 Å². The molecular weight excluding hydrogens is 325 g/mol. The molecule has 4 rings (SSSR count). The number of nitrogens with one attached hydrogen (secondary N) is 2. The molecule has 1 aliphatic heterocycles. The van der Waals surface area contributed by atoms with Gasteiger partial charge in [0.05, 0.1) is 24.0 Å². The summed E-state index contributed by atoms with van der Waals surface area (Å²) < 4.78 is 5.67. The molecule has 0 spiro atoms. The fourth-order valence-electron chi connectivity index (χ4n) is 2.59. The van der Waals surface area contributed by atoms with Crippen molar-refractivity contribution in [1.29, 1.82) is 0 Å². The topological polar surface area (TPSA) is 75.7 Å². The lowest BCUT2D eigenvalue weighted by Gasteiger charge is -2.28. The van der Waals surface area contributed by atoms with Crippen LogP contribution >= 0.6 is 23.2 Å². The molecule has 0 aliphatic carbocycles. The minimum atomic E-state index is 0.0277. The van der Waals surface area contributed by atoms with E-state index >= 15 is 0 Å². The van der Waals surface area contributed by atoms with E-state index in [1.807, 2.05) is 6.07 Å². The molecule has 112 valence electrons. The van der Waals surface area contributed by atoms with Crippen molar-refractivity contribution in [2.24, 2.45) is 0 Å². The van der Waals surface area contributed by atoms with Crippen LogP contribution < -0.4 is 10.1 Å². The van der Waals surface area contributed by atoms with Crippen molar-refractivity contribution in [2.45, 2.75) is 12.5 Å². The predicted molar refractivity (Wildman–Crippen MR) is 84.6 cm³/mol. The second-order valence-electron chi connectivity index (χ2n) is 4.94. The van der Waals surface area contributed by atoms with Gasteiger partial charge in [0.2, 0.25) is 0 Å². The highest BCUT2D eigenvalue weighted by molar-refractivity contribution is 6.43. The van der Waals surface area contributed by atoms with Gasteiger partial charge in [0.25, 0.3) is 0 Å². The number of benzene rings is 1. The summed E-state index contributed by atoms with van der Waals surface area (Å²) in [5.41, 5.74) is 2.36. The van der Waals surface area contributed by atoms with Gasteiger partial charge in [-0.2, -0.15) is 0 Å². The molecule has 1 aliphatic rings. The average Bonchev–Trinajstić information content (AvgIpc) is 3.01. The van der Waals surface area contributed by atoms with E-state index in [1.54, 1.807) is 12.4 Å². The number of hydrogen-bond donors (Lipinski definition) is 2. The van der Waals surface area contributed by atoms with Gasteiger partial charge in [-0.15, -0.1) is 0 Å². The van der Waals surface area contributed by atoms with Gasteiger partial charge in [-0.1, -0.05) is 29.3 Å². The second-order valence-corrected chi connectivity index (χ2v) is 5.72. The van der Waals surface area contributed by atoms with Crippen LogP contribution in [0.2, 0.25) is 10.0 Å². The van der Waals surface area contributed by atoms with Crippen molar-refractivity contribution in [3.05, 3.63) is 40.4 Å². The smallest absolute Gasteiger partial charge is 0.182 e. The molecule has 8 heteroatoms. The number of nitrogens with zero attached hydrogens (tertiary/aromatic N) is 3. The molecule has 1 unspecified atom stereocenters. The molecule has 3 heterocycles. The molecule has 0 amide bonds. The highest BCUT2D eigenvalue weighted by Gasteiger charge is 2.25. The van der Waals surface area contributed by atoms with Crippen LogP contribution in [0.1, 0.15) is 18.0 Å². The number of hydrogen-bond acceptors (Lipinski definition) is 5. The van der Waals surface area contributed by atoms with Crippen molar-refractivity contribution in [3.63, 3.8) is 0 Å². The van der Waals surface area contributed by atoms with Crippen molar-refractivity contribution in [3.8, 4) is 5.75 Å². The Balaban J connectivity index is 1.74. The van der Waals surface area contributed by atoms with E-state index in [2.05, 4.69) is 25.3 Å². The Labute approximate surface area is 135 Å². The normalized spacial score (nSPS) is 17.1. The van der Waals surface area contributed by atoms with Crippen molar-refractivity contribution in [1.82, 2.24) is 19.9 Å². The van der Waals surface area contributed by atoms with Gasteiger partial charge >= 0.3 is 0 Å². The Morgan fingerprint density at radius 2 is 2.14 bits per heavy atom. The number of ether oxygens (including phenoxy) is 1. The summed E-state index contributed by atoms with van der Waals surface area (Å²) >= 11 is 12.3. The van der Waals surface area contributed by atoms with Crippen LogP contribution in [0.4, 0.5) is 5.82 Å². The van der Waals surface area contributed by atoms with Gasteiger partial charge in [0, 0.05) is 12.0 Å². The predicted octanol–water partition coefficient (Wildman–Crippen LogP) is 3.60. The maximum Gasteiger partial charge on any atom is 0.182 e. The van der Waals surface area contributed by atoms with Gasteiger partial charge in [-0.3, -0.25) is 0 Å². The van der Waals surface area contributed by atoms with Gasteiger partial charge in [-0.05, 0) is 6.07 Å². The summed E-state index contributed by atoms with van der Waals surface area (Å²) in [4.78, 5) is 15.6. The lowest BCUT2D eigenvalue weighted by molar-refractivity contribution is 0.274. The van der Waals surface area contributed by atoms with Crippen LogP contribution in [0.15, 0.2) is 24.8 Å². The van der Waals surface area contributed by atoms with E-state index in [9.17, 15) is 0 Å². The highest BCUT2D eigenvalue weighted by Crippen LogP contribution is 2.42. The Bertz CT molecular complexity index is 850. The largest absolute Gasteiger partial charge is 0.492 e. The van der Waals surface area contributed by atoms with Crippen LogP contribution in [0.5, 0.6) is 5.75 Å². The van der Waals surface area contributed by atoms with E-state index in [0.717, 1.165) is 17.5 Å². The molecule has 2 aromatic heterocycles. The first-order valence-corrected chi connectivity index (χ1v) is 7.51. The lowest BCUT2D eigenvalue weighted by atomic mass is 10.0. The highest BCUT2D eigenvalue weighted by atomic mass is 35.5. The number of halogens is 2. The summed E-state index contributed by atoms with van der Waals surface area (Å²) in [6, 6.07) is 3.73. The Morgan fingerprint density at radius 3 is 3.05 bits per heavy atom. The first-order chi connectivity index (χ1) is 10.7. The summed E-state index contributed by atoms with van der Waals surface area (Å²) in [6.45, 7) is 0.557. The van der Waals surface area contributed by atoms with Gasteiger partial charge in [0.1, 0.15) is 22.6 Å². The molecular formula is C14H11Cl2N5O. The molecule has 1 aromatic carbocycles. The van der Waals surface area contributed by atoms with Crippen molar-refractivity contribution >= 4 is 40.2 Å². The Kier molecular flexibility index (Phi) is 3.28. The third-order valence-electron chi connectivity index (χ3n) is 3.64.